The highest BCUT2D eigenvalue weighted by Crippen LogP contribution is 2.17. The monoisotopic (exact) mass is 266 g/mol. The molecule has 0 spiro atoms. The summed E-state index contributed by atoms with van der Waals surface area (Å²) in [6.07, 6.45) is 2.46. The van der Waals surface area contributed by atoms with Crippen LogP contribution in [0.25, 0.3) is 0 Å². The predicted octanol–water partition coefficient (Wildman–Crippen LogP) is 3.71. The third-order valence-corrected chi connectivity index (χ3v) is 3.64. The molecule has 1 unspecified atom stereocenters. The van der Waals surface area contributed by atoms with Crippen LogP contribution in [0.15, 0.2) is 10.5 Å². The molecule has 3 nitrogen and oxygen atoms in total. The van der Waals surface area contributed by atoms with Gasteiger partial charge in [-0.25, -0.2) is 0 Å². The summed E-state index contributed by atoms with van der Waals surface area (Å²) in [6.45, 7) is 12.7. The summed E-state index contributed by atoms with van der Waals surface area (Å²) < 4.78 is 5.86. The van der Waals surface area contributed by atoms with E-state index in [4.69, 9.17) is 4.42 Å². The van der Waals surface area contributed by atoms with Crippen LogP contribution in [0.2, 0.25) is 0 Å². The van der Waals surface area contributed by atoms with Crippen molar-refractivity contribution in [1.82, 2.24) is 10.2 Å². The van der Waals surface area contributed by atoms with Crippen LogP contribution in [0, 0.1) is 6.92 Å². The van der Waals surface area contributed by atoms with Crippen molar-refractivity contribution in [3.8, 4) is 0 Å². The van der Waals surface area contributed by atoms with Gasteiger partial charge in [0.2, 0.25) is 0 Å². The molecule has 0 aliphatic heterocycles. The predicted molar refractivity (Wildman–Crippen MR) is 81.3 cm³/mol. The fourth-order valence-corrected chi connectivity index (χ4v) is 2.19. The van der Waals surface area contributed by atoms with Crippen LogP contribution in [-0.4, -0.2) is 24.0 Å². The van der Waals surface area contributed by atoms with Gasteiger partial charge in [0.15, 0.2) is 0 Å². The smallest absolute Gasteiger partial charge is 0.118 e. The molecule has 1 aromatic rings. The highest BCUT2D eigenvalue weighted by molar-refractivity contribution is 5.20. The Kier molecular flexibility index (Phi) is 6.59. The van der Waals surface area contributed by atoms with Crippen molar-refractivity contribution in [1.29, 1.82) is 0 Å². The van der Waals surface area contributed by atoms with Gasteiger partial charge in [-0.15, -0.1) is 0 Å². The zero-order valence-electron chi connectivity index (χ0n) is 13.4. The van der Waals surface area contributed by atoms with Crippen molar-refractivity contribution in [2.45, 2.75) is 72.6 Å². The van der Waals surface area contributed by atoms with Gasteiger partial charge in [-0.2, -0.15) is 0 Å². The standard InChI is InChI=1S/C16H30N2O/c1-7-8-13(4)18(6)11-16-9-15(14(5)19-16)10-17-12(2)3/h9,12-13,17H,7-8,10-11H2,1-6H3. The van der Waals surface area contributed by atoms with Gasteiger partial charge in [0, 0.05) is 24.2 Å². The Bertz CT molecular complexity index is 371. The number of nitrogens with one attached hydrogen (secondary N) is 1. The average Bonchev–Trinajstić information content (AvgIpc) is 2.67. The van der Waals surface area contributed by atoms with Crippen molar-refractivity contribution < 1.29 is 4.42 Å². The maximum atomic E-state index is 5.86. The lowest BCUT2D eigenvalue weighted by Gasteiger charge is -2.23. The van der Waals surface area contributed by atoms with Gasteiger partial charge >= 0.3 is 0 Å². The molecule has 0 radical (unpaired) electrons. The number of furan rings is 1. The maximum Gasteiger partial charge on any atom is 0.118 e. The Balaban J connectivity index is 2.57. The highest BCUT2D eigenvalue weighted by atomic mass is 16.3. The Hall–Kier alpha value is -0.800. The van der Waals surface area contributed by atoms with Gasteiger partial charge in [0.1, 0.15) is 11.5 Å². The van der Waals surface area contributed by atoms with Gasteiger partial charge in [-0.05, 0) is 33.4 Å². The molecule has 1 rings (SSSR count). The fraction of sp³-hybridized carbons (Fsp3) is 0.750. The van der Waals surface area contributed by atoms with E-state index in [0.29, 0.717) is 12.1 Å². The first-order valence-corrected chi connectivity index (χ1v) is 7.45. The summed E-state index contributed by atoms with van der Waals surface area (Å²) in [7, 11) is 2.17. The average molecular weight is 266 g/mol. The van der Waals surface area contributed by atoms with Crippen LogP contribution >= 0.6 is 0 Å². The lowest BCUT2D eigenvalue weighted by molar-refractivity contribution is 0.218. The molecule has 0 saturated carbocycles. The van der Waals surface area contributed by atoms with E-state index in [1.165, 1.54) is 18.4 Å². The van der Waals surface area contributed by atoms with Crippen LogP contribution < -0.4 is 5.32 Å². The lowest BCUT2D eigenvalue weighted by Crippen LogP contribution is -2.28. The van der Waals surface area contributed by atoms with E-state index in [0.717, 1.165) is 24.6 Å². The topological polar surface area (TPSA) is 28.4 Å². The Morgan fingerprint density at radius 3 is 2.58 bits per heavy atom. The number of hydrogen-bond acceptors (Lipinski definition) is 3. The minimum absolute atomic E-state index is 0.505. The molecule has 0 aliphatic rings. The quantitative estimate of drug-likeness (QED) is 0.777. The van der Waals surface area contributed by atoms with Crippen molar-refractivity contribution in [2.75, 3.05) is 7.05 Å². The molecule has 0 aromatic carbocycles. The molecule has 0 aliphatic carbocycles. The molecule has 1 atom stereocenters. The number of nitrogens with zero attached hydrogens (tertiary/aromatic N) is 1. The first kappa shape index (κ1) is 16.3. The molecular formula is C16H30N2O. The molecule has 19 heavy (non-hydrogen) atoms. The summed E-state index contributed by atoms with van der Waals surface area (Å²) >= 11 is 0. The second kappa shape index (κ2) is 7.71. The lowest BCUT2D eigenvalue weighted by atomic mass is 10.1. The van der Waals surface area contributed by atoms with Gasteiger partial charge < -0.3 is 9.73 Å². The summed E-state index contributed by atoms with van der Waals surface area (Å²) in [6, 6.07) is 3.30. The van der Waals surface area contributed by atoms with Crippen molar-refractivity contribution in [2.24, 2.45) is 0 Å². The molecule has 3 heteroatoms. The number of rotatable bonds is 8. The highest BCUT2D eigenvalue weighted by Gasteiger charge is 2.13. The van der Waals surface area contributed by atoms with Crippen molar-refractivity contribution in [3.05, 3.63) is 23.2 Å². The summed E-state index contributed by atoms with van der Waals surface area (Å²) in [4.78, 5) is 2.36. The second-order valence-electron chi connectivity index (χ2n) is 5.88. The van der Waals surface area contributed by atoms with Gasteiger partial charge in [0.25, 0.3) is 0 Å². The van der Waals surface area contributed by atoms with Gasteiger partial charge in [-0.1, -0.05) is 27.2 Å². The zero-order chi connectivity index (χ0) is 14.4. The van der Waals surface area contributed by atoms with E-state index in [9.17, 15) is 0 Å². The minimum Gasteiger partial charge on any atom is -0.465 e. The summed E-state index contributed by atoms with van der Waals surface area (Å²) in [5.74, 6) is 2.11. The molecule has 0 saturated heterocycles. The van der Waals surface area contributed by atoms with E-state index in [2.05, 4.69) is 57.9 Å². The summed E-state index contributed by atoms with van der Waals surface area (Å²) in [5, 5.41) is 3.44. The van der Waals surface area contributed by atoms with Crippen LogP contribution in [0.5, 0.6) is 0 Å². The Morgan fingerprint density at radius 1 is 1.32 bits per heavy atom. The second-order valence-corrected chi connectivity index (χ2v) is 5.88. The molecule has 0 fully saturated rings. The molecule has 0 amide bonds. The fourth-order valence-electron chi connectivity index (χ4n) is 2.19. The molecule has 1 N–H and O–H groups in total. The van der Waals surface area contributed by atoms with E-state index >= 15 is 0 Å². The zero-order valence-corrected chi connectivity index (χ0v) is 13.4. The maximum absolute atomic E-state index is 5.86. The summed E-state index contributed by atoms with van der Waals surface area (Å²) in [5.41, 5.74) is 1.28. The van der Waals surface area contributed by atoms with Gasteiger partial charge in [0.05, 0.1) is 6.54 Å². The van der Waals surface area contributed by atoms with Crippen molar-refractivity contribution >= 4 is 0 Å². The molecular weight excluding hydrogens is 236 g/mol. The largest absolute Gasteiger partial charge is 0.465 e. The molecule has 110 valence electrons. The first-order valence-electron chi connectivity index (χ1n) is 7.45. The normalized spacial score (nSPS) is 13.5. The van der Waals surface area contributed by atoms with Crippen LogP contribution in [0.3, 0.4) is 0 Å². The van der Waals surface area contributed by atoms with Crippen LogP contribution in [0.4, 0.5) is 0 Å². The van der Waals surface area contributed by atoms with E-state index in [1.807, 2.05) is 0 Å². The van der Waals surface area contributed by atoms with Crippen LogP contribution in [0.1, 0.15) is 57.6 Å². The third kappa shape index (κ3) is 5.37. The molecule has 0 bridgehead atoms. The number of hydrogen-bond donors (Lipinski definition) is 1. The minimum atomic E-state index is 0.505. The van der Waals surface area contributed by atoms with E-state index < -0.39 is 0 Å². The SMILES string of the molecule is CCCC(C)N(C)Cc1cc(CNC(C)C)c(C)o1. The molecule has 1 heterocycles. The number of aryl methyl sites for hydroxylation is 1. The van der Waals surface area contributed by atoms with Crippen LogP contribution in [-0.2, 0) is 13.1 Å². The Labute approximate surface area is 118 Å². The van der Waals surface area contributed by atoms with E-state index in [1.54, 1.807) is 0 Å². The Morgan fingerprint density at radius 2 is 2.00 bits per heavy atom. The first-order chi connectivity index (χ1) is 8.93. The third-order valence-electron chi connectivity index (χ3n) is 3.64. The van der Waals surface area contributed by atoms with Gasteiger partial charge in [-0.3, -0.25) is 4.90 Å². The van der Waals surface area contributed by atoms with Crippen molar-refractivity contribution in [3.63, 3.8) is 0 Å². The van der Waals surface area contributed by atoms with E-state index in [-0.39, 0.29) is 0 Å². The molecule has 1 aromatic heterocycles.